The Balaban J connectivity index is 2.38. The van der Waals surface area contributed by atoms with Crippen molar-refractivity contribution in [2.45, 2.75) is 6.92 Å². The van der Waals surface area contributed by atoms with Gasteiger partial charge in [0.15, 0.2) is 0 Å². The second-order valence-electron chi connectivity index (χ2n) is 4.47. The number of nitrogens with zero attached hydrogens (tertiary/aromatic N) is 1. The molecule has 0 aliphatic rings. The number of amides is 1. The first-order chi connectivity index (χ1) is 10.0. The van der Waals surface area contributed by atoms with Crippen molar-refractivity contribution in [3.8, 4) is 11.8 Å². The SMILES string of the molecule is COc1cccc(C#N)c1NC(=O)c1cc(C)cc(Br)c1. The molecule has 0 fully saturated rings. The molecule has 4 nitrogen and oxygen atoms in total. The van der Waals surface area contributed by atoms with E-state index in [0.717, 1.165) is 10.0 Å². The van der Waals surface area contributed by atoms with Crippen molar-refractivity contribution in [1.29, 1.82) is 5.26 Å². The second-order valence-corrected chi connectivity index (χ2v) is 5.38. The zero-order chi connectivity index (χ0) is 15.4. The Hall–Kier alpha value is -2.32. The summed E-state index contributed by atoms with van der Waals surface area (Å²) < 4.78 is 6.02. The molecule has 1 N–H and O–H groups in total. The van der Waals surface area contributed by atoms with E-state index in [1.807, 2.05) is 19.1 Å². The minimum absolute atomic E-state index is 0.291. The molecule has 2 rings (SSSR count). The maximum absolute atomic E-state index is 12.4. The number of anilines is 1. The lowest BCUT2D eigenvalue weighted by atomic mass is 10.1. The third-order valence-corrected chi connectivity index (χ3v) is 3.37. The van der Waals surface area contributed by atoms with E-state index in [1.54, 1.807) is 30.3 Å². The van der Waals surface area contributed by atoms with Crippen LogP contribution in [0.25, 0.3) is 0 Å². The lowest BCUT2D eigenvalue weighted by molar-refractivity contribution is 0.102. The van der Waals surface area contributed by atoms with Crippen molar-refractivity contribution < 1.29 is 9.53 Å². The Morgan fingerprint density at radius 2 is 2.10 bits per heavy atom. The van der Waals surface area contributed by atoms with Gasteiger partial charge >= 0.3 is 0 Å². The highest BCUT2D eigenvalue weighted by molar-refractivity contribution is 9.10. The molecule has 2 aromatic rings. The molecule has 0 atom stereocenters. The zero-order valence-corrected chi connectivity index (χ0v) is 13.2. The molecule has 0 saturated heterocycles. The van der Waals surface area contributed by atoms with Crippen LogP contribution in [0.2, 0.25) is 0 Å². The van der Waals surface area contributed by atoms with Crippen LogP contribution in [0.4, 0.5) is 5.69 Å². The van der Waals surface area contributed by atoms with Gasteiger partial charge in [0.25, 0.3) is 5.91 Å². The summed E-state index contributed by atoms with van der Waals surface area (Å²) >= 11 is 3.37. The molecule has 1 amide bonds. The number of benzene rings is 2. The molecule has 106 valence electrons. The van der Waals surface area contributed by atoms with Crippen LogP contribution in [0.5, 0.6) is 5.75 Å². The number of rotatable bonds is 3. The third kappa shape index (κ3) is 3.41. The molecular formula is C16H13BrN2O2. The standard InChI is InChI=1S/C16H13BrN2O2/c1-10-6-12(8-13(17)7-10)16(20)19-15-11(9-18)4-3-5-14(15)21-2/h3-8H,1-2H3,(H,19,20). The van der Waals surface area contributed by atoms with Gasteiger partial charge in [0.05, 0.1) is 12.7 Å². The van der Waals surface area contributed by atoms with Crippen LogP contribution < -0.4 is 10.1 Å². The fourth-order valence-electron chi connectivity index (χ4n) is 1.98. The number of carbonyl (C=O) groups is 1. The van der Waals surface area contributed by atoms with Crippen LogP contribution in [0.15, 0.2) is 40.9 Å². The van der Waals surface area contributed by atoms with Gasteiger partial charge < -0.3 is 10.1 Å². The molecular weight excluding hydrogens is 332 g/mol. The first kappa shape index (κ1) is 15.1. The lowest BCUT2D eigenvalue weighted by Gasteiger charge is -2.12. The quantitative estimate of drug-likeness (QED) is 0.918. The first-order valence-corrected chi connectivity index (χ1v) is 7.00. The average Bonchev–Trinajstić information content (AvgIpc) is 2.46. The molecule has 0 heterocycles. The Morgan fingerprint density at radius 3 is 2.71 bits per heavy atom. The molecule has 0 aromatic heterocycles. The molecule has 0 saturated carbocycles. The summed E-state index contributed by atoms with van der Waals surface area (Å²) in [4.78, 5) is 12.4. The minimum Gasteiger partial charge on any atom is -0.495 e. The molecule has 0 spiro atoms. The van der Waals surface area contributed by atoms with Crippen molar-refractivity contribution in [3.05, 3.63) is 57.6 Å². The maximum Gasteiger partial charge on any atom is 0.255 e. The number of ether oxygens (including phenoxy) is 1. The number of nitriles is 1. The molecule has 0 aliphatic carbocycles. The molecule has 2 aromatic carbocycles. The van der Waals surface area contributed by atoms with Gasteiger partial charge in [-0.3, -0.25) is 4.79 Å². The van der Waals surface area contributed by atoms with E-state index < -0.39 is 0 Å². The third-order valence-electron chi connectivity index (χ3n) is 2.91. The second kappa shape index (κ2) is 6.42. The van der Waals surface area contributed by atoms with Gasteiger partial charge in [-0.25, -0.2) is 0 Å². The number of carbonyl (C=O) groups excluding carboxylic acids is 1. The fraction of sp³-hybridized carbons (Fsp3) is 0.125. The smallest absolute Gasteiger partial charge is 0.255 e. The molecule has 0 bridgehead atoms. The molecule has 0 aliphatic heterocycles. The number of para-hydroxylation sites is 1. The van der Waals surface area contributed by atoms with Gasteiger partial charge in [-0.1, -0.05) is 22.0 Å². The van der Waals surface area contributed by atoms with E-state index in [1.165, 1.54) is 7.11 Å². The number of halogens is 1. The van der Waals surface area contributed by atoms with E-state index in [0.29, 0.717) is 22.6 Å². The number of nitrogens with one attached hydrogen (secondary N) is 1. The van der Waals surface area contributed by atoms with Gasteiger partial charge in [0.1, 0.15) is 17.5 Å². The van der Waals surface area contributed by atoms with Crippen molar-refractivity contribution in [2.24, 2.45) is 0 Å². The lowest BCUT2D eigenvalue weighted by Crippen LogP contribution is -2.14. The highest BCUT2D eigenvalue weighted by Crippen LogP contribution is 2.28. The van der Waals surface area contributed by atoms with Gasteiger partial charge in [-0.2, -0.15) is 5.26 Å². The Morgan fingerprint density at radius 1 is 1.33 bits per heavy atom. The average molecular weight is 345 g/mol. The van der Waals surface area contributed by atoms with E-state index in [9.17, 15) is 4.79 Å². The highest BCUT2D eigenvalue weighted by atomic mass is 79.9. The maximum atomic E-state index is 12.4. The van der Waals surface area contributed by atoms with Crippen molar-refractivity contribution in [3.63, 3.8) is 0 Å². The summed E-state index contributed by atoms with van der Waals surface area (Å²) in [6.45, 7) is 1.91. The Bertz CT molecular complexity index is 715. The van der Waals surface area contributed by atoms with Crippen LogP contribution in [0.1, 0.15) is 21.5 Å². The normalized spacial score (nSPS) is 9.81. The van der Waals surface area contributed by atoms with Crippen LogP contribution in [0.3, 0.4) is 0 Å². The Labute approximate surface area is 131 Å². The summed E-state index contributed by atoms with van der Waals surface area (Å²) in [6, 6.07) is 12.5. The summed E-state index contributed by atoms with van der Waals surface area (Å²) in [7, 11) is 1.50. The molecule has 0 unspecified atom stereocenters. The number of hydrogen-bond acceptors (Lipinski definition) is 3. The fourth-order valence-corrected chi connectivity index (χ4v) is 2.58. The van der Waals surface area contributed by atoms with Crippen LogP contribution in [-0.2, 0) is 0 Å². The van der Waals surface area contributed by atoms with E-state index in [4.69, 9.17) is 10.00 Å². The van der Waals surface area contributed by atoms with E-state index in [-0.39, 0.29) is 5.91 Å². The van der Waals surface area contributed by atoms with Gasteiger partial charge in [0.2, 0.25) is 0 Å². The predicted molar refractivity (Wildman–Crippen MR) is 84.5 cm³/mol. The summed E-state index contributed by atoms with van der Waals surface area (Å²) in [6.07, 6.45) is 0. The van der Waals surface area contributed by atoms with Crippen molar-refractivity contribution >= 4 is 27.5 Å². The van der Waals surface area contributed by atoms with E-state index in [2.05, 4.69) is 21.2 Å². The summed E-state index contributed by atoms with van der Waals surface area (Å²) in [5.74, 6) is 0.162. The number of methoxy groups -OCH3 is 1. The molecule has 21 heavy (non-hydrogen) atoms. The van der Waals surface area contributed by atoms with Crippen LogP contribution in [0, 0.1) is 18.3 Å². The topological polar surface area (TPSA) is 62.1 Å². The van der Waals surface area contributed by atoms with Gasteiger partial charge in [-0.05, 0) is 42.8 Å². The van der Waals surface area contributed by atoms with Crippen molar-refractivity contribution in [2.75, 3.05) is 12.4 Å². The summed E-state index contributed by atoms with van der Waals surface area (Å²) in [5.41, 5.74) is 2.21. The first-order valence-electron chi connectivity index (χ1n) is 6.21. The number of aryl methyl sites for hydroxylation is 1. The monoisotopic (exact) mass is 344 g/mol. The van der Waals surface area contributed by atoms with Crippen LogP contribution >= 0.6 is 15.9 Å². The van der Waals surface area contributed by atoms with E-state index >= 15 is 0 Å². The molecule has 5 heteroatoms. The zero-order valence-electron chi connectivity index (χ0n) is 11.6. The highest BCUT2D eigenvalue weighted by Gasteiger charge is 2.14. The summed E-state index contributed by atoms with van der Waals surface area (Å²) in [5, 5.41) is 11.9. The number of hydrogen-bond donors (Lipinski definition) is 1. The van der Waals surface area contributed by atoms with Gasteiger partial charge in [0, 0.05) is 10.0 Å². The van der Waals surface area contributed by atoms with Crippen LogP contribution in [-0.4, -0.2) is 13.0 Å². The molecule has 0 radical (unpaired) electrons. The predicted octanol–water partition coefficient (Wildman–Crippen LogP) is 3.89. The Kier molecular flexibility index (Phi) is 4.61. The minimum atomic E-state index is -0.291. The largest absolute Gasteiger partial charge is 0.495 e. The van der Waals surface area contributed by atoms with Crippen molar-refractivity contribution in [1.82, 2.24) is 0 Å². The van der Waals surface area contributed by atoms with Gasteiger partial charge in [-0.15, -0.1) is 0 Å².